The number of fused-ring (bicyclic) bond motifs is 1. The lowest BCUT2D eigenvalue weighted by Gasteiger charge is -2.33. The Morgan fingerprint density at radius 1 is 1.04 bits per heavy atom. The molecule has 5 rings (SSSR count). The van der Waals surface area contributed by atoms with E-state index in [0.29, 0.717) is 6.04 Å². The van der Waals surface area contributed by atoms with Crippen LogP contribution in [-0.2, 0) is 0 Å². The second kappa shape index (κ2) is 7.22. The van der Waals surface area contributed by atoms with E-state index in [1.54, 1.807) is 23.2 Å². The quantitative estimate of drug-likeness (QED) is 0.589. The summed E-state index contributed by atoms with van der Waals surface area (Å²) >= 11 is 0. The maximum Gasteiger partial charge on any atom is 0.200 e. The molecule has 0 aliphatic carbocycles. The van der Waals surface area contributed by atoms with E-state index in [2.05, 4.69) is 53.7 Å². The molecule has 0 bridgehead atoms. The number of nitrogens with one attached hydrogen (secondary N) is 1. The van der Waals surface area contributed by atoms with Crippen molar-refractivity contribution >= 4 is 17.2 Å². The molecule has 1 N–H and O–H groups in total. The van der Waals surface area contributed by atoms with E-state index in [-0.39, 0.29) is 0 Å². The van der Waals surface area contributed by atoms with Crippen LogP contribution in [0.4, 0.5) is 11.5 Å². The maximum atomic E-state index is 4.64. The maximum absolute atomic E-state index is 4.64. The van der Waals surface area contributed by atoms with Gasteiger partial charge in [-0.15, -0.1) is 10.2 Å². The number of aromatic nitrogens is 6. The van der Waals surface area contributed by atoms with Gasteiger partial charge in [-0.1, -0.05) is 30.3 Å². The molecule has 8 nitrogen and oxygen atoms in total. The van der Waals surface area contributed by atoms with Crippen molar-refractivity contribution in [3.05, 3.63) is 61.3 Å². The molecule has 1 fully saturated rings. The van der Waals surface area contributed by atoms with Crippen LogP contribution in [0.3, 0.4) is 0 Å². The third-order valence-electron chi connectivity index (χ3n) is 5.07. The molecule has 4 heterocycles. The molecule has 1 saturated heterocycles. The van der Waals surface area contributed by atoms with Crippen LogP contribution in [0.25, 0.3) is 16.9 Å². The number of hydrogen-bond donors (Lipinski definition) is 1. The van der Waals surface area contributed by atoms with Gasteiger partial charge in [0.05, 0.1) is 17.6 Å². The predicted molar refractivity (Wildman–Crippen MR) is 107 cm³/mol. The predicted octanol–water partition coefficient (Wildman–Crippen LogP) is 2.66. The fourth-order valence-electron chi connectivity index (χ4n) is 3.61. The highest BCUT2D eigenvalue weighted by molar-refractivity contribution is 5.73. The van der Waals surface area contributed by atoms with Gasteiger partial charge in [-0.3, -0.25) is 4.98 Å². The van der Waals surface area contributed by atoms with E-state index < -0.39 is 0 Å². The van der Waals surface area contributed by atoms with E-state index in [9.17, 15) is 0 Å². The zero-order valence-electron chi connectivity index (χ0n) is 15.3. The van der Waals surface area contributed by atoms with Crippen LogP contribution < -0.4 is 10.2 Å². The van der Waals surface area contributed by atoms with E-state index in [1.807, 2.05) is 24.4 Å². The minimum absolute atomic E-state index is 0.361. The summed E-state index contributed by atoms with van der Waals surface area (Å²) < 4.78 is 1.74. The zero-order chi connectivity index (χ0) is 18.8. The van der Waals surface area contributed by atoms with E-state index in [4.69, 9.17) is 0 Å². The third kappa shape index (κ3) is 3.24. The fourth-order valence-corrected chi connectivity index (χ4v) is 3.61. The smallest absolute Gasteiger partial charge is 0.200 e. The van der Waals surface area contributed by atoms with Gasteiger partial charge in [-0.25, -0.2) is 4.98 Å². The third-order valence-corrected chi connectivity index (χ3v) is 5.07. The lowest BCUT2D eigenvalue weighted by Crippen LogP contribution is -2.39. The van der Waals surface area contributed by atoms with Crippen molar-refractivity contribution in [1.82, 2.24) is 29.8 Å². The normalized spacial score (nSPS) is 15.1. The van der Waals surface area contributed by atoms with Gasteiger partial charge < -0.3 is 10.2 Å². The summed E-state index contributed by atoms with van der Waals surface area (Å²) in [5.74, 6) is 0.941. The molecule has 1 aromatic carbocycles. The Balaban J connectivity index is 1.36. The molecule has 0 radical (unpaired) electrons. The lowest BCUT2D eigenvalue weighted by molar-refractivity contribution is 0.523. The largest absolute Gasteiger partial charge is 0.379 e. The first kappa shape index (κ1) is 16.6. The Kier molecular flexibility index (Phi) is 4.29. The minimum atomic E-state index is 0.361. The summed E-state index contributed by atoms with van der Waals surface area (Å²) in [6.07, 6.45) is 8.94. The topological polar surface area (TPSA) is 84.1 Å². The average molecular weight is 372 g/mol. The molecule has 0 atom stereocenters. The Labute approximate surface area is 162 Å². The van der Waals surface area contributed by atoms with Gasteiger partial charge in [-0.2, -0.15) is 9.61 Å². The second-order valence-corrected chi connectivity index (χ2v) is 6.88. The van der Waals surface area contributed by atoms with Crippen LogP contribution >= 0.6 is 0 Å². The van der Waals surface area contributed by atoms with Gasteiger partial charge in [-0.05, 0) is 18.9 Å². The number of rotatable bonds is 4. The molecule has 0 amide bonds. The van der Waals surface area contributed by atoms with Crippen molar-refractivity contribution in [2.24, 2.45) is 0 Å². The number of anilines is 2. The molecule has 0 saturated carbocycles. The fraction of sp³-hybridized carbons (Fsp3) is 0.250. The highest BCUT2D eigenvalue weighted by atomic mass is 15.3. The van der Waals surface area contributed by atoms with Crippen LogP contribution in [0, 0.1) is 0 Å². The molecule has 1 aliphatic heterocycles. The first-order chi connectivity index (χ1) is 13.9. The van der Waals surface area contributed by atoms with Crippen molar-refractivity contribution in [3.63, 3.8) is 0 Å². The molecule has 3 aromatic heterocycles. The summed E-state index contributed by atoms with van der Waals surface area (Å²) in [5.41, 5.74) is 3.67. The Hall–Kier alpha value is -3.55. The number of nitrogens with zero attached hydrogens (tertiary/aromatic N) is 7. The highest BCUT2D eigenvalue weighted by Crippen LogP contribution is 2.26. The SMILES string of the molecule is c1ccc(-c2cc(NC3CCN(c4cnccn4)CC3)c3nncn3n2)cc1. The minimum Gasteiger partial charge on any atom is -0.379 e. The van der Waals surface area contributed by atoms with E-state index in [1.165, 1.54) is 0 Å². The van der Waals surface area contributed by atoms with Gasteiger partial charge in [0.2, 0.25) is 5.65 Å². The molecule has 8 heteroatoms. The van der Waals surface area contributed by atoms with Crippen molar-refractivity contribution < 1.29 is 0 Å². The van der Waals surface area contributed by atoms with Gasteiger partial charge in [0.15, 0.2) is 0 Å². The molecule has 0 unspecified atom stereocenters. The van der Waals surface area contributed by atoms with E-state index >= 15 is 0 Å². The van der Waals surface area contributed by atoms with Crippen LogP contribution in [0.15, 0.2) is 61.3 Å². The number of piperidine rings is 1. The van der Waals surface area contributed by atoms with Crippen LogP contribution in [0.2, 0.25) is 0 Å². The second-order valence-electron chi connectivity index (χ2n) is 6.88. The van der Waals surface area contributed by atoms with Crippen LogP contribution in [0.1, 0.15) is 12.8 Å². The molecule has 140 valence electrons. The Bertz CT molecular complexity index is 1060. The summed E-state index contributed by atoms with van der Waals surface area (Å²) in [4.78, 5) is 10.9. The molecule has 4 aromatic rings. The van der Waals surface area contributed by atoms with Gasteiger partial charge in [0.25, 0.3) is 0 Å². The van der Waals surface area contributed by atoms with Crippen LogP contribution in [-0.4, -0.2) is 48.9 Å². The lowest BCUT2D eigenvalue weighted by atomic mass is 10.0. The highest BCUT2D eigenvalue weighted by Gasteiger charge is 2.21. The molecule has 28 heavy (non-hydrogen) atoms. The van der Waals surface area contributed by atoms with Crippen molar-refractivity contribution in [1.29, 1.82) is 0 Å². The van der Waals surface area contributed by atoms with Gasteiger partial charge >= 0.3 is 0 Å². The summed E-state index contributed by atoms with van der Waals surface area (Å²) in [7, 11) is 0. The standard InChI is InChI=1S/C20H20N8/c1-2-4-15(5-3-1)17-12-18(20-25-23-14-28(20)26-17)24-16-6-10-27(11-7-16)19-13-21-8-9-22-19/h1-5,8-9,12-14,16,24H,6-7,10-11H2. The molecular weight excluding hydrogens is 352 g/mol. The van der Waals surface area contributed by atoms with Crippen molar-refractivity contribution in [2.75, 3.05) is 23.3 Å². The first-order valence-electron chi connectivity index (χ1n) is 9.41. The number of hydrogen-bond acceptors (Lipinski definition) is 7. The Morgan fingerprint density at radius 3 is 2.68 bits per heavy atom. The van der Waals surface area contributed by atoms with E-state index in [0.717, 1.165) is 54.3 Å². The zero-order valence-corrected chi connectivity index (χ0v) is 15.3. The average Bonchev–Trinajstić information content (AvgIpc) is 3.25. The summed E-state index contributed by atoms with van der Waals surface area (Å²) in [5, 5.41) is 16.6. The Morgan fingerprint density at radius 2 is 1.89 bits per heavy atom. The first-order valence-corrected chi connectivity index (χ1v) is 9.41. The summed E-state index contributed by atoms with van der Waals surface area (Å²) in [6, 6.07) is 12.6. The summed E-state index contributed by atoms with van der Waals surface area (Å²) in [6.45, 7) is 1.88. The molecule has 0 spiro atoms. The van der Waals surface area contributed by atoms with Gasteiger partial charge in [0, 0.05) is 37.1 Å². The molecule has 1 aliphatic rings. The van der Waals surface area contributed by atoms with Gasteiger partial charge in [0.1, 0.15) is 12.1 Å². The number of benzene rings is 1. The monoisotopic (exact) mass is 372 g/mol. The van der Waals surface area contributed by atoms with Crippen molar-refractivity contribution in [2.45, 2.75) is 18.9 Å². The van der Waals surface area contributed by atoms with Crippen LogP contribution in [0.5, 0.6) is 0 Å². The molecular formula is C20H20N8. The van der Waals surface area contributed by atoms with Crippen molar-refractivity contribution in [3.8, 4) is 11.3 Å².